The SMILES string of the molecule is Cl.Cl.NC(CC(N)c1c2n(c3ccccc13)CCCC2)c1cccc(CCO)c1. The minimum Gasteiger partial charge on any atom is -0.396 e. The number of hydrogen-bond donors (Lipinski definition) is 3. The van der Waals surface area contributed by atoms with Gasteiger partial charge in [0, 0.05) is 41.8 Å². The van der Waals surface area contributed by atoms with E-state index in [1.165, 1.54) is 35.0 Å². The zero-order valence-electron chi connectivity index (χ0n) is 16.6. The quantitative estimate of drug-likeness (QED) is 0.535. The number of rotatable bonds is 6. The van der Waals surface area contributed by atoms with Gasteiger partial charge in [-0.2, -0.15) is 0 Å². The monoisotopic (exact) mass is 435 g/mol. The Balaban J connectivity index is 0.00000150. The minimum absolute atomic E-state index is 0. The summed E-state index contributed by atoms with van der Waals surface area (Å²) in [6, 6.07) is 16.6. The highest BCUT2D eigenvalue weighted by Gasteiger charge is 2.24. The van der Waals surface area contributed by atoms with Crippen molar-refractivity contribution in [2.24, 2.45) is 11.5 Å². The molecule has 3 aromatic rings. The molecule has 2 atom stereocenters. The van der Waals surface area contributed by atoms with Crippen molar-refractivity contribution in [1.82, 2.24) is 4.57 Å². The number of nitrogens with zero attached hydrogens (tertiary/aromatic N) is 1. The third-order valence-corrected chi connectivity index (χ3v) is 5.83. The van der Waals surface area contributed by atoms with Gasteiger partial charge in [0.15, 0.2) is 0 Å². The van der Waals surface area contributed by atoms with Crippen LogP contribution in [0.15, 0.2) is 48.5 Å². The van der Waals surface area contributed by atoms with E-state index in [4.69, 9.17) is 11.5 Å². The molecule has 2 unspecified atom stereocenters. The smallest absolute Gasteiger partial charge is 0.0485 e. The van der Waals surface area contributed by atoms with E-state index < -0.39 is 0 Å². The van der Waals surface area contributed by atoms with Crippen LogP contribution >= 0.6 is 24.8 Å². The number of aromatic nitrogens is 1. The highest BCUT2D eigenvalue weighted by Crippen LogP contribution is 2.36. The van der Waals surface area contributed by atoms with E-state index in [-0.39, 0.29) is 43.5 Å². The summed E-state index contributed by atoms with van der Waals surface area (Å²) in [5.41, 5.74) is 19.5. The first kappa shape index (κ1) is 23.7. The molecule has 1 aliphatic heterocycles. The van der Waals surface area contributed by atoms with Crippen LogP contribution < -0.4 is 11.5 Å². The van der Waals surface area contributed by atoms with Crippen molar-refractivity contribution in [1.29, 1.82) is 0 Å². The lowest BCUT2D eigenvalue weighted by molar-refractivity contribution is 0.299. The molecule has 0 saturated carbocycles. The van der Waals surface area contributed by atoms with Gasteiger partial charge in [0.25, 0.3) is 0 Å². The van der Waals surface area contributed by atoms with Crippen LogP contribution in [-0.4, -0.2) is 16.3 Å². The summed E-state index contributed by atoms with van der Waals surface area (Å²) in [6.45, 7) is 1.24. The Kier molecular flexibility index (Phi) is 8.56. The molecule has 0 radical (unpaired) electrons. The van der Waals surface area contributed by atoms with E-state index in [0.717, 1.165) is 24.1 Å². The number of para-hydroxylation sites is 1. The second-order valence-corrected chi connectivity index (χ2v) is 7.65. The summed E-state index contributed by atoms with van der Waals surface area (Å²) in [7, 11) is 0. The summed E-state index contributed by atoms with van der Waals surface area (Å²) < 4.78 is 2.46. The van der Waals surface area contributed by atoms with Crippen LogP contribution in [0.5, 0.6) is 0 Å². The summed E-state index contributed by atoms with van der Waals surface area (Å²) in [6.07, 6.45) is 4.93. The summed E-state index contributed by atoms with van der Waals surface area (Å²) in [5, 5.41) is 10.5. The van der Waals surface area contributed by atoms with Crippen LogP contribution in [0.25, 0.3) is 10.9 Å². The molecule has 4 rings (SSSR count). The fourth-order valence-electron chi connectivity index (χ4n) is 4.52. The van der Waals surface area contributed by atoms with E-state index >= 15 is 0 Å². The molecule has 0 amide bonds. The van der Waals surface area contributed by atoms with E-state index in [1.54, 1.807) is 0 Å². The van der Waals surface area contributed by atoms with Gasteiger partial charge >= 0.3 is 0 Å². The number of halogens is 2. The van der Waals surface area contributed by atoms with Gasteiger partial charge < -0.3 is 21.1 Å². The molecule has 6 heteroatoms. The van der Waals surface area contributed by atoms with Crippen molar-refractivity contribution < 1.29 is 5.11 Å². The topological polar surface area (TPSA) is 77.2 Å². The number of nitrogens with two attached hydrogens (primary N) is 2. The summed E-state index contributed by atoms with van der Waals surface area (Å²) in [5.74, 6) is 0. The third kappa shape index (κ3) is 4.79. The lowest BCUT2D eigenvalue weighted by Crippen LogP contribution is -2.22. The van der Waals surface area contributed by atoms with Gasteiger partial charge in [-0.25, -0.2) is 0 Å². The zero-order chi connectivity index (χ0) is 18.8. The molecule has 1 aliphatic rings. The lowest BCUT2D eigenvalue weighted by Gasteiger charge is -2.22. The third-order valence-electron chi connectivity index (χ3n) is 5.83. The first-order valence-electron chi connectivity index (χ1n) is 10.00. The van der Waals surface area contributed by atoms with E-state index in [0.29, 0.717) is 12.8 Å². The predicted octanol–water partition coefficient (Wildman–Crippen LogP) is 4.45. The Morgan fingerprint density at radius 3 is 2.55 bits per heavy atom. The fourth-order valence-corrected chi connectivity index (χ4v) is 4.52. The van der Waals surface area contributed by atoms with Gasteiger partial charge in [0.1, 0.15) is 0 Å². The number of aliphatic hydroxyl groups excluding tert-OH is 1. The molecule has 4 nitrogen and oxygen atoms in total. The average Bonchev–Trinajstić information content (AvgIpc) is 3.03. The van der Waals surface area contributed by atoms with Gasteiger partial charge in [0.2, 0.25) is 0 Å². The number of benzene rings is 2. The maximum atomic E-state index is 9.18. The van der Waals surface area contributed by atoms with Crippen molar-refractivity contribution in [2.45, 2.75) is 50.7 Å². The average molecular weight is 436 g/mol. The van der Waals surface area contributed by atoms with Gasteiger partial charge in [-0.05, 0) is 54.9 Å². The Morgan fingerprint density at radius 1 is 0.966 bits per heavy atom. The van der Waals surface area contributed by atoms with Crippen LogP contribution in [0.1, 0.15) is 53.7 Å². The van der Waals surface area contributed by atoms with E-state index in [9.17, 15) is 5.11 Å². The standard InChI is InChI=1S/C23H29N3O.2ClH/c24-19(17-7-5-6-16(14-17)11-13-27)15-20(25)23-18-8-1-2-9-21(18)26-12-4-3-10-22(23)26;;/h1-2,5-9,14,19-20,27H,3-4,10-13,15,24-25H2;2*1H. The molecular weight excluding hydrogens is 405 g/mol. The second kappa shape index (κ2) is 10.5. The van der Waals surface area contributed by atoms with Crippen LogP contribution in [0.4, 0.5) is 0 Å². The van der Waals surface area contributed by atoms with Gasteiger partial charge in [-0.1, -0.05) is 42.5 Å². The van der Waals surface area contributed by atoms with Crippen molar-refractivity contribution in [3.8, 4) is 0 Å². The molecule has 29 heavy (non-hydrogen) atoms. The molecular formula is C23H31Cl2N3O. The van der Waals surface area contributed by atoms with Crippen molar-refractivity contribution in [3.63, 3.8) is 0 Å². The Bertz CT molecular complexity index is 941. The molecule has 158 valence electrons. The van der Waals surface area contributed by atoms with Gasteiger partial charge in [-0.15, -0.1) is 24.8 Å². The summed E-state index contributed by atoms with van der Waals surface area (Å²) in [4.78, 5) is 0. The largest absolute Gasteiger partial charge is 0.396 e. The molecule has 2 heterocycles. The van der Waals surface area contributed by atoms with Crippen LogP contribution in [0, 0.1) is 0 Å². The highest BCUT2D eigenvalue weighted by atomic mass is 35.5. The van der Waals surface area contributed by atoms with Crippen molar-refractivity contribution >= 4 is 35.7 Å². The first-order valence-corrected chi connectivity index (χ1v) is 10.00. The molecule has 0 aliphatic carbocycles. The normalized spacial score (nSPS) is 15.1. The van der Waals surface area contributed by atoms with Crippen LogP contribution in [0.2, 0.25) is 0 Å². The molecule has 1 aromatic heterocycles. The van der Waals surface area contributed by atoms with Crippen LogP contribution in [-0.2, 0) is 19.4 Å². The highest BCUT2D eigenvalue weighted by molar-refractivity contribution is 5.86. The van der Waals surface area contributed by atoms with E-state index in [1.807, 2.05) is 12.1 Å². The van der Waals surface area contributed by atoms with Gasteiger partial charge in [-0.3, -0.25) is 0 Å². The Morgan fingerprint density at radius 2 is 1.76 bits per heavy atom. The Labute approximate surface area is 185 Å². The minimum atomic E-state index is -0.114. The Hall–Kier alpha value is -1.56. The number of hydrogen-bond acceptors (Lipinski definition) is 3. The molecule has 0 spiro atoms. The second-order valence-electron chi connectivity index (χ2n) is 7.65. The molecule has 0 saturated heterocycles. The first-order chi connectivity index (χ1) is 13.2. The van der Waals surface area contributed by atoms with Gasteiger partial charge in [0.05, 0.1) is 0 Å². The van der Waals surface area contributed by atoms with Crippen molar-refractivity contribution in [2.75, 3.05) is 6.61 Å². The molecule has 5 N–H and O–H groups in total. The molecule has 2 aromatic carbocycles. The lowest BCUT2D eigenvalue weighted by atomic mass is 9.92. The number of aliphatic hydroxyl groups is 1. The molecule has 0 fully saturated rings. The number of aryl methyl sites for hydroxylation is 1. The predicted molar refractivity (Wildman–Crippen MR) is 125 cm³/mol. The summed E-state index contributed by atoms with van der Waals surface area (Å²) >= 11 is 0. The maximum Gasteiger partial charge on any atom is 0.0485 e. The molecule has 0 bridgehead atoms. The fraction of sp³-hybridized carbons (Fsp3) is 0.391. The maximum absolute atomic E-state index is 9.18. The van der Waals surface area contributed by atoms with E-state index in [2.05, 4.69) is 41.0 Å². The zero-order valence-corrected chi connectivity index (χ0v) is 18.2. The van der Waals surface area contributed by atoms with Crippen molar-refractivity contribution in [3.05, 3.63) is 70.9 Å². The number of fused-ring (bicyclic) bond motifs is 3. The van der Waals surface area contributed by atoms with Crippen LogP contribution in [0.3, 0.4) is 0 Å².